The molecule has 2 N–H and O–H groups in total. The normalized spacial score (nSPS) is 20.0. The second-order valence-corrected chi connectivity index (χ2v) is 6.32. The number of piperidine rings is 1. The molecule has 4 amide bonds. The van der Waals surface area contributed by atoms with Crippen LogP contribution in [0.5, 0.6) is 0 Å². The number of carbonyl (C=O) groups excluding carboxylic acids is 4. The van der Waals surface area contributed by atoms with Gasteiger partial charge in [0.1, 0.15) is 6.04 Å². The van der Waals surface area contributed by atoms with E-state index in [4.69, 9.17) is 5.11 Å². The van der Waals surface area contributed by atoms with E-state index >= 15 is 0 Å². The zero-order valence-corrected chi connectivity index (χ0v) is 13.8. The van der Waals surface area contributed by atoms with Gasteiger partial charge < -0.3 is 5.11 Å². The molecule has 0 radical (unpaired) electrons. The Hall–Kier alpha value is -2.54. The van der Waals surface area contributed by atoms with Crippen molar-refractivity contribution in [2.75, 3.05) is 6.61 Å². The number of hydrogen-bond acceptors (Lipinski definition) is 5. The molecule has 0 bridgehead atoms. The number of amides is 4. The number of hydrogen-bond donors (Lipinski definition) is 2. The summed E-state index contributed by atoms with van der Waals surface area (Å²) in [6, 6.07) is 4.21. The first kappa shape index (κ1) is 17.3. The minimum atomic E-state index is -0.938. The lowest BCUT2D eigenvalue weighted by atomic mass is 9.98. The van der Waals surface area contributed by atoms with Gasteiger partial charge in [-0.1, -0.05) is 18.6 Å². The first-order valence-corrected chi connectivity index (χ1v) is 8.49. The summed E-state index contributed by atoms with van der Waals surface area (Å²) in [6.45, 7) is 0.133. The number of imide groups is 2. The maximum atomic E-state index is 12.8. The lowest BCUT2D eigenvalue weighted by molar-refractivity contribution is -0.136. The average molecular weight is 344 g/mol. The fraction of sp³-hybridized carbons (Fsp3) is 0.444. The van der Waals surface area contributed by atoms with Crippen LogP contribution in [-0.2, 0) is 16.0 Å². The van der Waals surface area contributed by atoms with Gasteiger partial charge in [-0.05, 0) is 37.3 Å². The van der Waals surface area contributed by atoms with Crippen LogP contribution in [0.1, 0.15) is 58.4 Å². The van der Waals surface area contributed by atoms with E-state index in [1.807, 2.05) is 6.07 Å². The van der Waals surface area contributed by atoms with Crippen molar-refractivity contribution >= 4 is 23.6 Å². The third-order valence-electron chi connectivity index (χ3n) is 4.66. The maximum absolute atomic E-state index is 12.8. The Kier molecular flexibility index (Phi) is 4.94. The lowest BCUT2D eigenvalue weighted by Gasteiger charge is -2.27. The summed E-state index contributed by atoms with van der Waals surface area (Å²) in [6.07, 6.45) is 3.23. The third-order valence-corrected chi connectivity index (χ3v) is 4.66. The minimum Gasteiger partial charge on any atom is -0.396 e. The third kappa shape index (κ3) is 3.19. The van der Waals surface area contributed by atoms with Crippen molar-refractivity contribution in [3.63, 3.8) is 0 Å². The molecule has 1 fully saturated rings. The van der Waals surface area contributed by atoms with Crippen molar-refractivity contribution in [1.82, 2.24) is 10.2 Å². The molecule has 0 aliphatic carbocycles. The molecule has 1 saturated heterocycles. The van der Waals surface area contributed by atoms with Crippen LogP contribution in [-0.4, -0.2) is 46.3 Å². The number of rotatable bonds is 6. The molecule has 3 rings (SSSR count). The quantitative estimate of drug-likeness (QED) is 0.587. The summed E-state index contributed by atoms with van der Waals surface area (Å²) in [5, 5.41) is 11.0. The number of aryl methyl sites for hydroxylation is 1. The van der Waals surface area contributed by atoms with Gasteiger partial charge in [-0.25, -0.2) is 0 Å². The van der Waals surface area contributed by atoms with Crippen LogP contribution in [0.4, 0.5) is 0 Å². The highest BCUT2D eigenvalue weighted by Crippen LogP contribution is 2.30. The summed E-state index contributed by atoms with van der Waals surface area (Å²) < 4.78 is 0. The molecule has 2 aliphatic heterocycles. The highest BCUT2D eigenvalue weighted by molar-refractivity contribution is 6.24. The Bertz CT molecular complexity index is 743. The number of unbranched alkanes of at least 4 members (excludes halogenated alkanes) is 2. The number of benzene rings is 1. The fourth-order valence-electron chi connectivity index (χ4n) is 3.40. The Morgan fingerprint density at radius 1 is 1.08 bits per heavy atom. The molecule has 132 valence electrons. The number of aliphatic hydroxyl groups excluding tert-OH is 1. The van der Waals surface area contributed by atoms with Gasteiger partial charge in [-0.2, -0.15) is 0 Å². The number of nitrogens with zero attached hydrogens (tertiary/aromatic N) is 1. The van der Waals surface area contributed by atoms with Crippen LogP contribution in [0.15, 0.2) is 18.2 Å². The van der Waals surface area contributed by atoms with Gasteiger partial charge in [0, 0.05) is 13.0 Å². The van der Waals surface area contributed by atoms with Crippen molar-refractivity contribution in [2.45, 2.75) is 44.6 Å². The van der Waals surface area contributed by atoms with E-state index in [-0.39, 0.29) is 25.4 Å². The van der Waals surface area contributed by atoms with Gasteiger partial charge in [0.2, 0.25) is 11.8 Å². The Balaban J connectivity index is 1.84. The van der Waals surface area contributed by atoms with E-state index < -0.39 is 23.8 Å². The smallest absolute Gasteiger partial charge is 0.262 e. The summed E-state index contributed by atoms with van der Waals surface area (Å²) >= 11 is 0. The second kappa shape index (κ2) is 7.14. The molecule has 7 nitrogen and oxygen atoms in total. The Morgan fingerprint density at radius 3 is 2.60 bits per heavy atom. The van der Waals surface area contributed by atoms with Crippen LogP contribution < -0.4 is 5.32 Å². The van der Waals surface area contributed by atoms with Crippen LogP contribution in [0.3, 0.4) is 0 Å². The molecule has 1 aromatic rings. The predicted molar refractivity (Wildman–Crippen MR) is 87.8 cm³/mol. The summed E-state index contributed by atoms with van der Waals surface area (Å²) in [4.78, 5) is 49.9. The van der Waals surface area contributed by atoms with Gasteiger partial charge in [0.25, 0.3) is 11.8 Å². The fourth-order valence-corrected chi connectivity index (χ4v) is 3.40. The van der Waals surface area contributed by atoms with E-state index in [2.05, 4.69) is 5.32 Å². The Morgan fingerprint density at radius 2 is 1.88 bits per heavy atom. The maximum Gasteiger partial charge on any atom is 0.262 e. The van der Waals surface area contributed by atoms with E-state index in [0.717, 1.165) is 23.3 Å². The van der Waals surface area contributed by atoms with Crippen molar-refractivity contribution in [2.24, 2.45) is 0 Å². The van der Waals surface area contributed by atoms with Crippen molar-refractivity contribution < 1.29 is 24.3 Å². The number of fused-ring (bicyclic) bond motifs is 1. The van der Waals surface area contributed by atoms with Crippen LogP contribution in [0.25, 0.3) is 0 Å². The summed E-state index contributed by atoms with van der Waals surface area (Å²) in [5.41, 5.74) is 1.46. The molecule has 2 aliphatic rings. The van der Waals surface area contributed by atoms with Gasteiger partial charge in [-0.3, -0.25) is 29.4 Å². The minimum absolute atomic E-state index is 0.109. The van der Waals surface area contributed by atoms with Crippen molar-refractivity contribution in [1.29, 1.82) is 0 Å². The molecule has 0 aromatic heterocycles. The van der Waals surface area contributed by atoms with Crippen LogP contribution in [0.2, 0.25) is 0 Å². The molecule has 0 spiro atoms. The van der Waals surface area contributed by atoms with E-state index in [1.54, 1.807) is 12.1 Å². The standard InChI is InChI=1S/C18H20N2O5/c21-10-3-1-2-5-11-6-4-7-12-15(11)18(25)20(17(12)24)13-8-9-14(22)19-16(13)23/h4,6-7,13,21H,1-3,5,8-10H2,(H,19,22,23). The average Bonchev–Trinajstić information content (AvgIpc) is 2.84. The topological polar surface area (TPSA) is 104 Å². The van der Waals surface area contributed by atoms with Crippen molar-refractivity contribution in [3.8, 4) is 0 Å². The molecule has 25 heavy (non-hydrogen) atoms. The molecule has 1 atom stereocenters. The van der Waals surface area contributed by atoms with Crippen LogP contribution in [0, 0.1) is 0 Å². The second-order valence-electron chi connectivity index (χ2n) is 6.32. The van der Waals surface area contributed by atoms with Gasteiger partial charge in [-0.15, -0.1) is 0 Å². The number of carbonyl (C=O) groups is 4. The first-order valence-electron chi connectivity index (χ1n) is 8.49. The highest BCUT2D eigenvalue weighted by Gasteiger charge is 2.45. The first-order chi connectivity index (χ1) is 12.0. The predicted octanol–water partition coefficient (Wildman–Crippen LogP) is 0.793. The molecular formula is C18H20N2O5. The Labute approximate surface area is 145 Å². The van der Waals surface area contributed by atoms with Crippen molar-refractivity contribution in [3.05, 3.63) is 34.9 Å². The molecular weight excluding hydrogens is 324 g/mol. The SMILES string of the molecule is O=C1CCC(N2C(=O)c3cccc(CCCCCO)c3C2=O)C(=O)N1. The summed E-state index contributed by atoms with van der Waals surface area (Å²) in [5.74, 6) is -1.93. The molecule has 0 saturated carbocycles. The molecule has 1 aromatic carbocycles. The molecule has 7 heteroatoms. The number of aliphatic hydroxyl groups is 1. The number of nitrogens with one attached hydrogen (secondary N) is 1. The highest BCUT2D eigenvalue weighted by atomic mass is 16.3. The zero-order valence-electron chi connectivity index (χ0n) is 13.8. The lowest BCUT2D eigenvalue weighted by Crippen LogP contribution is -2.54. The van der Waals surface area contributed by atoms with Crippen LogP contribution >= 0.6 is 0 Å². The molecule has 1 unspecified atom stereocenters. The van der Waals surface area contributed by atoms with Gasteiger partial charge in [0.05, 0.1) is 11.1 Å². The molecule has 2 heterocycles. The monoisotopic (exact) mass is 344 g/mol. The van der Waals surface area contributed by atoms with Gasteiger partial charge >= 0.3 is 0 Å². The van der Waals surface area contributed by atoms with E-state index in [0.29, 0.717) is 24.0 Å². The van der Waals surface area contributed by atoms with Gasteiger partial charge in [0.15, 0.2) is 0 Å². The van der Waals surface area contributed by atoms with E-state index in [1.165, 1.54) is 0 Å². The zero-order chi connectivity index (χ0) is 18.0. The van der Waals surface area contributed by atoms with E-state index in [9.17, 15) is 19.2 Å². The summed E-state index contributed by atoms with van der Waals surface area (Å²) in [7, 11) is 0. The largest absolute Gasteiger partial charge is 0.396 e.